The zero-order valence-electron chi connectivity index (χ0n) is 11.4. The van der Waals surface area contributed by atoms with Crippen LogP contribution < -0.4 is 16.2 Å². The quantitative estimate of drug-likeness (QED) is 0.592. The Balaban J connectivity index is 1.92. The molecule has 0 unspecified atom stereocenters. The fourth-order valence-corrected chi connectivity index (χ4v) is 1.92. The van der Waals surface area contributed by atoms with Gasteiger partial charge in [0.2, 0.25) is 0 Å². The number of nitrogens with one attached hydrogen (secondary N) is 3. The summed E-state index contributed by atoms with van der Waals surface area (Å²) in [5, 5.41) is 3.26. The van der Waals surface area contributed by atoms with E-state index in [9.17, 15) is 8.78 Å². The summed E-state index contributed by atoms with van der Waals surface area (Å²) >= 11 is 5.10. The molecular weight excluding hydrogens is 292 g/mol. The van der Waals surface area contributed by atoms with Crippen LogP contribution in [0.4, 0.5) is 20.2 Å². The first-order valence-electron chi connectivity index (χ1n) is 6.45. The molecule has 0 saturated carbocycles. The van der Waals surface area contributed by atoms with Crippen LogP contribution in [0.3, 0.4) is 0 Å². The molecule has 0 saturated heterocycles. The molecule has 2 rings (SSSR count). The number of hydrazine groups is 1. The van der Waals surface area contributed by atoms with Gasteiger partial charge in [0.05, 0.1) is 5.69 Å². The molecule has 0 aromatic heterocycles. The van der Waals surface area contributed by atoms with Gasteiger partial charge in [-0.05, 0) is 48.5 Å². The van der Waals surface area contributed by atoms with Crippen molar-refractivity contribution in [2.24, 2.45) is 0 Å². The lowest BCUT2D eigenvalue weighted by molar-refractivity contribution is 0.585. The number of hydrogen-bond acceptors (Lipinski definition) is 2. The first-order chi connectivity index (χ1) is 10.1. The molecule has 110 valence electrons. The number of thiocarbonyl (C=S) groups is 1. The maximum Gasteiger partial charge on any atom is 0.189 e. The molecule has 21 heavy (non-hydrogen) atoms. The van der Waals surface area contributed by atoms with E-state index in [1.807, 2.05) is 24.3 Å². The fraction of sp³-hybridized carbons (Fsp3) is 0.133. The fourth-order valence-electron chi connectivity index (χ4n) is 1.75. The Bertz CT molecular complexity index is 647. The van der Waals surface area contributed by atoms with Gasteiger partial charge in [0.15, 0.2) is 10.9 Å². The first-order valence-corrected chi connectivity index (χ1v) is 6.86. The molecule has 3 nitrogen and oxygen atoms in total. The number of hydrogen-bond donors (Lipinski definition) is 3. The number of benzene rings is 2. The van der Waals surface area contributed by atoms with Gasteiger partial charge >= 0.3 is 0 Å². The van der Waals surface area contributed by atoms with Crippen LogP contribution in [0.25, 0.3) is 0 Å². The maximum atomic E-state index is 13.4. The van der Waals surface area contributed by atoms with Crippen LogP contribution in [0.1, 0.15) is 12.5 Å². The molecule has 0 aliphatic heterocycles. The van der Waals surface area contributed by atoms with E-state index < -0.39 is 11.6 Å². The Morgan fingerprint density at radius 1 is 1.14 bits per heavy atom. The third-order valence-electron chi connectivity index (χ3n) is 2.83. The average molecular weight is 307 g/mol. The monoisotopic (exact) mass is 307 g/mol. The minimum Gasteiger partial charge on any atom is -0.331 e. The molecule has 0 fully saturated rings. The van der Waals surface area contributed by atoms with Gasteiger partial charge in [0, 0.05) is 11.8 Å². The molecule has 0 aliphatic rings. The van der Waals surface area contributed by atoms with Crippen LogP contribution in [-0.4, -0.2) is 5.11 Å². The highest BCUT2D eigenvalue weighted by molar-refractivity contribution is 7.80. The van der Waals surface area contributed by atoms with Crippen molar-refractivity contribution in [1.82, 2.24) is 5.43 Å². The van der Waals surface area contributed by atoms with Crippen molar-refractivity contribution in [2.75, 3.05) is 10.7 Å². The van der Waals surface area contributed by atoms with E-state index in [4.69, 9.17) is 12.2 Å². The zero-order chi connectivity index (χ0) is 15.2. The lowest BCUT2D eigenvalue weighted by Crippen LogP contribution is -2.33. The van der Waals surface area contributed by atoms with Crippen molar-refractivity contribution in [3.8, 4) is 0 Å². The second-order valence-electron chi connectivity index (χ2n) is 4.38. The van der Waals surface area contributed by atoms with E-state index in [2.05, 4.69) is 23.1 Å². The Morgan fingerprint density at radius 3 is 2.67 bits per heavy atom. The van der Waals surface area contributed by atoms with Gasteiger partial charge in [-0.3, -0.25) is 10.9 Å². The molecule has 0 radical (unpaired) electrons. The minimum absolute atomic E-state index is 0.114. The number of halogens is 2. The molecule has 0 atom stereocenters. The predicted octanol–water partition coefficient (Wildman–Crippen LogP) is 3.84. The zero-order valence-corrected chi connectivity index (χ0v) is 12.2. The Labute approximate surface area is 127 Å². The van der Waals surface area contributed by atoms with Gasteiger partial charge in [0.1, 0.15) is 5.82 Å². The van der Waals surface area contributed by atoms with Crippen molar-refractivity contribution >= 4 is 28.7 Å². The highest BCUT2D eigenvalue weighted by Gasteiger charge is 2.04. The predicted molar refractivity (Wildman–Crippen MR) is 85.2 cm³/mol. The van der Waals surface area contributed by atoms with Gasteiger partial charge in [-0.2, -0.15) is 0 Å². The van der Waals surface area contributed by atoms with Crippen molar-refractivity contribution in [2.45, 2.75) is 13.3 Å². The summed E-state index contributed by atoms with van der Waals surface area (Å²) < 4.78 is 26.2. The van der Waals surface area contributed by atoms with Gasteiger partial charge in [-0.25, -0.2) is 8.78 Å². The van der Waals surface area contributed by atoms with Gasteiger partial charge in [-0.15, -0.1) is 0 Å². The van der Waals surface area contributed by atoms with Crippen LogP contribution in [0.2, 0.25) is 0 Å². The maximum absolute atomic E-state index is 13.4. The topological polar surface area (TPSA) is 36.1 Å². The van der Waals surface area contributed by atoms with E-state index in [1.54, 1.807) is 0 Å². The highest BCUT2D eigenvalue weighted by atomic mass is 32.1. The molecular formula is C15H15F2N3S. The van der Waals surface area contributed by atoms with Crippen LogP contribution >= 0.6 is 12.2 Å². The van der Waals surface area contributed by atoms with Crippen LogP contribution in [0.15, 0.2) is 42.5 Å². The third-order valence-corrected chi connectivity index (χ3v) is 3.04. The van der Waals surface area contributed by atoms with E-state index >= 15 is 0 Å². The molecule has 2 aromatic carbocycles. The Morgan fingerprint density at radius 2 is 1.95 bits per heavy atom. The van der Waals surface area contributed by atoms with Crippen LogP contribution in [-0.2, 0) is 6.42 Å². The van der Waals surface area contributed by atoms with E-state index in [-0.39, 0.29) is 10.8 Å². The second-order valence-corrected chi connectivity index (χ2v) is 4.79. The molecule has 0 spiro atoms. The summed E-state index contributed by atoms with van der Waals surface area (Å²) in [4.78, 5) is 0. The van der Waals surface area contributed by atoms with Gasteiger partial charge in [-0.1, -0.05) is 19.1 Å². The smallest absolute Gasteiger partial charge is 0.189 e. The van der Waals surface area contributed by atoms with E-state index in [0.29, 0.717) is 0 Å². The summed E-state index contributed by atoms with van der Waals surface area (Å²) in [5.74, 6) is -1.33. The van der Waals surface area contributed by atoms with Crippen LogP contribution in [0.5, 0.6) is 0 Å². The number of rotatable bonds is 4. The number of aryl methyl sites for hydroxylation is 1. The van der Waals surface area contributed by atoms with Gasteiger partial charge in [0.25, 0.3) is 0 Å². The van der Waals surface area contributed by atoms with E-state index in [0.717, 1.165) is 24.2 Å². The lowest BCUT2D eigenvalue weighted by Gasteiger charge is -2.13. The highest BCUT2D eigenvalue weighted by Crippen LogP contribution is 2.14. The normalized spacial score (nSPS) is 10.0. The Kier molecular flexibility index (Phi) is 5.05. The summed E-state index contributed by atoms with van der Waals surface area (Å²) in [7, 11) is 0. The standard InChI is InChI=1S/C15H15F2N3S/c1-2-10-4-3-5-12(8-10)18-15(21)20-19-14-7-6-11(16)9-13(14)17/h3-9,19H,2H2,1H3,(H2,18,20,21). The molecule has 0 amide bonds. The first kappa shape index (κ1) is 15.2. The molecule has 0 bridgehead atoms. The summed E-state index contributed by atoms with van der Waals surface area (Å²) in [5.41, 5.74) is 7.38. The number of anilines is 2. The molecule has 2 aromatic rings. The third kappa shape index (κ3) is 4.39. The van der Waals surface area contributed by atoms with E-state index in [1.165, 1.54) is 11.6 Å². The molecule has 3 N–H and O–H groups in total. The summed E-state index contributed by atoms with van der Waals surface area (Å²) in [6.45, 7) is 2.06. The average Bonchev–Trinajstić information content (AvgIpc) is 2.46. The Hall–Kier alpha value is -2.21. The van der Waals surface area contributed by atoms with Gasteiger partial charge < -0.3 is 5.32 Å². The van der Waals surface area contributed by atoms with Crippen molar-refractivity contribution < 1.29 is 8.78 Å². The van der Waals surface area contributed by atoms with Crippen molar-refractivity contribution in [3.05, 3.63) is 59.7 Å². The van der Waals surface area contributed by atoms with Crippen LogP contribution in [0, 0.1) is 11.6 Å². The molecule has 6 heteroatoms. The molecule has 0 aliphatic carbocycles. The summed E-state index contributed by atoms with van der Waals surface area (Å²) in [6, 6.07) is 11.1. The second kappa shape index (κ2) is 6.99. The minimum atomic E-state index is -0.696. The summed E-state index contributed by atoms with van der Waals surface area (Å²) in [6.07, 6.45) is 0.925. The largest absolute Gasteiger partial charge is 0.331 e. The SMILES string of the molecule is CCc1cccc(NC(=S)NNc2ccc(F)cc2F)c1. The van der Waals surface area contributed by atoms with Crippen molar-refractivity contribution in [1.29, 1.82) is 0 Å². The van der Waals surface area contributed by atoms with Crippen molar-refractivity contribution in [3.63, 3.8) is 0 Å². The lowest BCUT2D eigenvalue weighted by atomic mass is 10.1. The molecule has 0 heterocycles.